The van der Waals surface area contributed by atoms with Crippen molar-refractivity contribution in [3.63, 3.8) is 0 Å². The molecule has 0 spiro atoms. The molecule has 0 aromatic rings. The van der Waals surface area contributed by atoms with Gasteiger partial charge in [0.25, 0.3) is 0 Å². The molecule has 4 unspecified atom stereocenters. The fourth-order valence-corrected chi connectivity index (χ4v) is 6.13. The Hall–Kier alpha value is 0.537. The minimum absolute atomic E-state index is 0.761. The highest BCUT2D eigenvalue weighted by atomic mass is 35.7. The highest BCUT2D eigenvalue weighted by Gasteiger charge is 2.41. The van der Waals surface area contributed by atoms with Crippen LogP contribution in [-0.2, 0) is 0 Å². The SMILES string of the molecule is CCC(C[Si](C)(Cl)Cl)C1CC2C=CC1C2. The van der Waals surface area contributed by atoms with Gasteiger partial charge in [0.15, 0.2) is 0 Å². The Kier molecular flexibility index (Phi) is 3.54. The van der Waals surface area contributed by atoms with Crippen molar-refractivity contribution in [2.45, 2.75) is 38.8 Å². The van der Waals surface area contributed by atoms with Crippen molar-refractivity contribution >= 4 is 28.9 Å². The zero-order valence-electron chi connectivity index (χ0n) is 9.55. The minimum Gasteiger partial charge on any atom is -0.146 e. The fraction of sp³-hybridized carbons (Fsp3) is 0.833. The summed E-state index contributed by atoms with van der Waals surface area (Å²) >= 11 is 12.5. The average molecular weight is 263 g/mol. The van der Waals surface area contributed by atoms with Gasteiger partial charge < -0.3 is 0 Å². The van der Waals surface area contributed by atoms with Gasteiger partial charge in [-0.3, -0.25) is 0 Å². The number of hydrogen-bond acceptors (Lipinski definition) is 0. The van der Waals surface area contributed by atoms with Crippen molar-refractivity contribution in [1.29, 1.82) is 0 Å². The van der Waals surface area contributed by atoms with Crippen molar-refractivity contribution in [2.24, 2.45) is 23.7 Å². The first-order chi connectivity index (χ1) is 6.99. The van der Waals surface area contributed by atoms with Gasteiger partial charge in [0.05, 0.1) is 0 Å². The Morgan fingerprint density at radius 1 is 1.33 bits per heavy atom. The van der Waals surface area contributed by atoms with Crippen LogP contribution in [0.3, 0.4) is 0 Å². The van der Waals surface area contributed by atoms with Crippen LogP contribution in [0.25, 0.3) is 0 Å². The highest BCUT2D eigenvalue weighted by Crippen LogP contribution is 2.49. The number of hydrogen-bond donors (Lipinski definition) is 0. The summed E-state index contributed by atoms with van der Waals surface area (Å²) in [4.78, 5) is 0. The molecule has 0 nitrogen and oxygen atoms in total. The van der Waals surface area contributed by atoms with Crippen molar-refractivity contribution in [3.8, 4) is 0 Å². The molecule has 2 rings (SSSR count). The van der Waals surface area contributed by atoms with E-state index in [9.17, 15) is 0 Å². The Morgan fingerprint density at radius 2 is 2.07 bits per heavy atom. The smallest absolute Gasteiger partial charge is 0.146 e. The summed E-state index contributed by atoms with van der Waals surface area (Å²) in [6.45, 7) is 2.43. The Bertz CT molecular complexity index is 257. The third kappa shape index (κ3) is 2.81. The van der Waals surface area contributed by atoms with Crippen LogP contribution in [0.2, 0.25) is 12.6 Å². The maximum Gasteiger partial charge on any atom is 0.248 e. The van der Waals surface area contributed by atoms with E-state index in [0.29, 0.717) is 0 Å². The Balaban J connectivity index is 1.99. The van der Waals surface area contributed by atoms with E-state index in [1.807, 2.05) is 0 Å². The van der Waals surface area contributed by atoms with Crippen molar-refractivity contribution < 1.29 is 0 Å². The predicted octanol–water partition coefficient (Wildman–Crippen LogP) is 4.77. The molecule has 2 bridgehead atoms. The van der Waals surface area contributed by atoms with E-state index >= 15 is 0 Å². The first-order valence-corrected chi connectivity index (χ1v) is 10.8. The molecule has 86 valence electrons. The van der Waals surface area contributed by atoms with E-state index in [-0.39, 0.29) is 0 Å². The second-order valence-electron chi connectivity index (χ2n) is 5.39. The number of allylic oxidation sites excluding steroid dienone is 2. The normalized spacial score (nSPS) is 36.1. The molecule has 0 radical (unpaired) electrons. The van der Waals surface area contributed by atoms with E-state index in [0.717, 1.165) is 29.7 Å². The second kappa shape index (κ2) is 4.42. The lowest BCUT2D eigenvalue weighted by molar-refractivity contribution is 0.300. The van der Waals surface area contributed by atoms with Crippen LogP contribution in [0.15, 0.2) is 12.2 Å². The molecule has 0 N–H and O–H groups in total. The zero-order valence-corrected chi connectivity index (χ0v) is 12.1. The van der Waals surface area contributed by atoms with Gasteiger partial charge in [-0.1, -0.05) is 25.5 Å². The molecule has 0 aromatic carbocycles. The molecular weight excluding hydrogens is 243 g/mol. The number of rotatable bonds is 4. The van der Waals surface area contributed by atoms with E-state index in [4.69, 9.17) is 22.2 Å². The van der Waals surface area contributed by atoms with Gasteiger partial charge in [-0.2, -0.15) is 0 Å². The topological polar surface area (TPSA) is 0 Å². The molecule has 15 heavy (non-hydrogen) atoms. The third-order valence-corrected chi connectivity index (χ3v) is 6.25. The molecular formula is C12H20Cl2Si. The number of halogens is 2. The summed E-state index contributed by atoms with van der Waals surface area (Å²) in [6, 6.07) is 1.08. The molecule has 0 amide bonds. The molecule has 3 heteroatoms. The molecule has 1 fully saturated rings. The lowest BCUT2D eigenvalue weighted by Crippen LogP contribution is -2.26. The zero-order chi connectivity index (χ0) is 11.1. The third-order valence-electron chi connectivity index (χ3n) is 4.08. The lowest BCUT2D eigenvalue weighted by Gasteiger charge is -2.30. The van der Waals surface area contributed by atoms with Gasteiger partial charge in [-0.15, -0.1) is 22.2 Å². The fourth-order valence-electron chi connectivity index (χ4n) is 3.42. The van der Waals surface area contributed by atoms with Crippen LogP contribution in [0.4, 0.5) is 0 Å². The summed E-state index contributed by atoms with van der Waals surface area (Å²) < 4.78 is 0. The van der Waals surface area contributed by atoms with Crippen LogP contribution in [0.1, 0.15) is 26.2 Å². The lowest BCUT2D eigenvalue weighted by atomic mass is 9.81. The standard InChI is InChI=1S/C12H20Cl2Si/c1-3-10(8-15(2,13)14)12-7-9-4-5-11(12)6-9/h4-5,9-12H,3,6-8H2,1-2H3. The van der Waals surface area contributed by atoms with Gasteiger partial charge in [0.1, 0.15) is 0 Å². The van der Waals surface area contributed by atoms with Crippen molar-refractivity contribution in [1.82, 2.24) is 0 Å². The van der Waals surface area contributed by atoms with E-state index in [2.05, 4.69) is 25.6 Å². The van der Waals surface area contributed by atoms with E-state index in [1.54, 1.807) is 0 Å². The monoisotopic (exact) mass is 262 g/mol. The van der Waals surface area contributed by atoms with Gasteiger partial charge in [0, 0.05) is 0 Å². The molecule has 0 aliphatic heterocycles. The van der Waals surface area contributed by atoms with Crippen LogP contribution < -0.4 is 0 Å². The first kappa shape index (κ1) is 12.0. The first-order valence-electron chi connectivity index (χ1n) is 6.05. The van der Waals surface area contributed by atoms with Crippen molar-refractivity contribution in [3.05, 3.63) is 12.2 Å². The summed E-state index contributed by atoms with van der Waals surface area (Å²) in [6.07, 6.45) is 8.86. The summed E-state index contributed by atoms with van der Waals surface area (Å²) in [5, 5.41) is 0. The second-order valence-corrected chi connectivity index (χ2v) is 13.5. The molecule has 2 aliphatic carbocycles. The molecule has 1 saturated carbocycles. The molecule has 0 aromatic heterocycles. The minimum atomic E-state index is -1.92. The highest BCUT2D eigenvalue weighted by molar-refractivity contribution is 7.44. The van der Waals surface area contributed by atoms with Gasteiger partial charge >= 0.3 is 0 Å². The van der Waals surface area contributed by atoms with Gasteiger partial charge in [-0.25, -0.2) is 0 Å². The van der Waals surface area contributed by atoms with Crippen molar-refractivity contribution in [2.75, 3.05) is 0 Å². The summed E-state index contributed by atoms with van der Waals surface area (Å²) in [5.41, 5.74) is 0. The predicted molar refractivity (Wildman–Crippen MR) is 70.8 cm³/mol. The van der Waals surface area contributed by atoms with Gasteiger partial charge in [0.2, 0.25) is 6.69 Å². The van der Waals surface area contributed by atoms with Crippen LogP contribution >= 0.6 is 22.2 Å². The Morgan fingerprint density at radius 3 is 2.47 bits per heavy atom. The Labute approximate surface area is 103 Å². The molecule has 2 aliphatic rings. The maximum atomic E-state index is 6.27. The average Bonchev–Trinajstić information content (AvgIpc) is 2.73. The summed E-state index contributed by atoms with van der Waals surface area (Å²) in [7, 11) is 0. The van der Waals surface area contributed by atoms with Crippen LogP contribution in [0.5, 0.6) is 0 Å². The van der Waals surface area contributed by atoms with Gasteiger partial charge in [-0.05, 0) is 49.1 Å². The molecule has 0 saturated heterocycles. The quantitative estimate of drug-likeness (QED) is 0.389. The molecule has 4 atom stereocenters. The number of fused-ring (bicyclic) bond motifs is 2. The maximum absolute atomic E-state index is 6.27. The largest absolute Gasteiger partial charge is 0.248 e. The van der Waals surface area contributed by atoms with Crippen LogP contribution in [0, 0.1) is 23.7 Å². The molecule has 0 heterocycles. The summed E-state index contributed by atoms with van der Waals surface area (Å²) in [5.74, 6) is 3.34. The van der Waals surface area contributed by atoms with E-state index < -0.39 is 6.69 Å². The van der Waals surface area contributed by atoms with Crippen LogP contribution in [-0.4, -0.2) is 6.69 Å². The van der Waals surface area contributed by atoms with E-state index in [1.165, 1.54) is 19.3 Å².